The average molecular weight is 354 g/mol. The quantitative estimate of drug-likeness (QED) is 0.866. The van der Waals surface area contributed by atoms with Crippen molar-refractivity contribution in [2.24, 2.45) is 5.73 Å². The summed E-state index contributed by atoms with van der Waals surface area (Å²) in [5.41, 5.74) is 6.85. The predicted octanol–water partition coefficient (Wildman–Crippen LogP) is 3.37. The Morgan fingerprint density at radius 3 is 2.48 bits per heavy atom. The molecule has 0 amide bonds. The third-order valence-corrected chi connectivity index (χ3v) is 3.95. The molecule has 0 aliphatic heterocycles. The number of halogens is 2. The fourth-order valence-corrected chi connectivity index (χ4v) is 2.64. The maximum absolute atomic E-state index is 13.9. The summed E-state index contributed by atoms with van der Waals surface area (Å²) >= 11 is 3.29. The maximum atomic E-state index is 13.9. The van der Waals surface area contributed by atoms with E-state index in [2.05, 4.69) is 15.9 Å². The predicted molar refractivity (Wildman–Crippen MR) is 83.8 cm³/mol. The molecule has 2 aromatic rings. The van der Waals surface area contributed by atoms with Crippen molar-refractivity contribution in [1.29, 1.82) is 0 Å². The Morgan fingerprint density at radius 2 is 1.90 bits per heavy atom. The molecule has 2 aromatic carbocycles. The number of rotatable bonds is 5. The van der Waals surface area contributed by atoms with Crippen LogP contribution in [0.1, 0.15) is 23.1 Å². The molecule has 5 heteroatoms. The van der Waals surface area contributed by atoms with Gasteiger partial charge in [-0.05, 0) is 35.9 Å². The Kier molecular flexibility index (Phi) is 5.33. The van der Waals surface area contributed by atoms with Crippen molar-refractivity contribution in [3.63, 3.8) is 0 Å². The lowest BCUT2D eigenvalue weighted by Crippen LogP contribution is -2.21. The summed E-state index contributed by atoms with van der Waals surface area (Å²) in [6.45, 7) is 0.208. The van der Waals surface area contributed by atoms with Crippen LogP contribution in [0.2, 0.25) is 0 Å². The molecule has 0 aliphatic carbocycles. The lowest BCUT2D eigenvalue weighted by molar-refractivity contribution is 0.143. The topological polar surface area (TPSA) is 55.5 Å². The zero-order valence-electron chi connectivity index (χ0n) is 11.6. The fourth-order valence-electron chi connectivity index (χ4n) is 2.26. The standard InChI is InChI=1S/C16H17BrFNO2/c1-21-12-5-2-10(3-6-12)14(9-19)16(20)13-8-11(17)4-7-15(13)18/h2-8,14,16,20H,9,19H2,1H3. The van der Waals surface area contributed by atoms with Gasteiger partial charge in [-0.3, -0.25) is 0 Å². The Labute approximate surface area is 131 Å². The van der Waals surface area contributed by atoms with Crippen LogP contribution >= 0.6 is 15.9 Å². The second-order valence-electron chi connectivity index (χ2n) is 4.73. The molecular formula is C16H17BrFNO2. The van der Waals surface area contributed by atoms with E-state index < -0.39 is 11.9 Å². The van der Waals surface area contributed by atoms with Crippen molar-refractivity contribution in [3.05, 3.63) is 63.9 Å². The molecule has 0 aromatic heterocycles. The van der Waals surface area contributed by atoms with E-state index in [0.717, 1.165) is 11.3 Å². The highest BCUT2D eigenvalue weighted by atomic mass is 79.9. The van der Waals surface area contributed by atoms with Gasteiger partial charge in [0.15, 0.2) is 0 Å². The van der Waals surface area contributed by atoms with Gasteiger partial charge in [-0.2, -0.15) is 0 Å². The van der Waals surface area contributed by atoms with Crippen LogP contribution in [0.15, 0.2) is 46.9 Å². The van der Waals surface area contributed by atoms with Crippen LogP contribution in [0.4, 0.5) is 4.39 Å². The highest BCUT2D eigenvalue weighted by molar-refractivity contribution is 9.10. The minimum absolute atomic E-state index is 0.208. The Hall–Kier alpha value is -1.43. The molecule has 0 heterocycles. The van der Waals surface area contributed by atoms with Crippen molar-refractivity contribution in [1.82, 2.24) is 0 Å². The molecule has 2 atom stereocenters. The monoisotopic (exact) mass is 353 g/mol. The molecule has 0 radical (unpaired) electrons. The van der Waals surface area contributed by atoms with Crippen LogP contribution in [0.5, 0.6) is 5.75 Å². The molecule has 3 N–H and O–H groups in total. The van der Waals surface area contributed by atoms with E-state index in [1.807, 2.05) is 12.1 Å². The number of aliphatic hydroxyl groups excluding tert-OH is 1. The molecule has 3 nitrogen and oxygen atoms in total. The number of benzene rings is 2. The highest BCUT2D eigenvalue weighted by Gasteiger charge is 2.24. The van der Waals surface area contributed by atoms with Crippen LogP contribution in [-0.2, 0) is 0 Å². The second kappa shape index (κ2) is 7.02. The van der Waals surface area contributed by atoms with Gasteiger partial charge in [-0.15, -0.1) is 0 Å². The lowest BCUT2D eigenvalue weighted by atomic mass is 9.89. The SMILES string of the molecule is COc1ccc(C(CN)C(O)c2cc(Br)ccc2F)cc1. The van der Waals surface area contributed by atoms with E-state index in [1.165, 1.54) is 6.07 Å². The first-order chi connectivity index (χ1) is 10.1. The number of nitrogens with two attached hydrogens (primary N) is 1. The fraction of sp³-hybridized carbons (Fsp3) is 0.250. The van der Waals surface area contributed by atoms with Crippen LogP contribution in [-0.4, -0.2) is 18.8 Å². The number of methoxy groups -OCH3 is 1. The molecule has 0 saturated heterocycles. The first-order valence-electron chi connectivity index (χ1n) is 6.54. The second-order valence-corrected chi connectivity index (χ2v) is 5.64. The summed E-state index contributed by atoms with van der Waals surface area (Å²) in [5.74, 6) is -0.116. The third kappa shape index (κ3) is 3.61. The molecule has 112 valence electrons. The first-order valence-corrected chi connectivity index (χ1v) is 7.33. The Morgan fingerprint density at radius 1 is 1.24 bits per heavy atom. The molecule has 0 saturated carbocycles. The van der Waals surface area contributed by atoms with Crippen molar-refractivity contribution in [2.45, 2.75) is 12.0 Å². The number of aliphatic hydroxyl groups is 1. The summed E-state index contributed by atoms with van der Waals surface area (Å²) in [4.78, 5) is 0. The van der Waals surface area contributed by atoms with E-state index in [9.17, 15) is 9.50 Å². The molecule has 0 bridgehead atoms. The van der Waals surface area contributed by atoms with Gasteiger partial charge in [0.2, 0.25) is 0 Å². The van der Waals surface area contributed by atoms with Crippen molar-refractivity contribution in [2.75, 3.05) is 13.7 Å². The maximum Gasteiger partial charge on any atom is 0.129 e. The molecular weight excluding hydrogens is 337 g/mol. The zero-order chi connectivity index (χ0) is 15.4. The molecule has 2 rings (SSSR count). The van der Waals surface area contributed by atoms with E-state index >= 15 is 0 Å². The van der Waals surface area contributed by atoms with Gasteiger partial charge in [0.1, 0.15) is 11.6 Å². The van der Waals surface area contributed by atoms with Crippen LogP contribution < -0.4 is 10.5 Å². The van der Waals surface area contributed by atoms with Gasteiger partial charge in [0, 0.05) is 22.5 Å². The first kappa shape index (κ1) is 15.9. The van der Waals surface area contributed by atoms with E-state index in [1.54, 1.807) is 31.4 Å². The third-order valence-electron chi connectivity index (χ3n) is 3.46. The van der Waals surface area contributed by atoms with E-state index in [0.29, 0.717) is 4.47 Å². The Balaban J connectivity index is 2.33. The van der Waals surface area contributed by atoms with Gasteiger partial charge in [-0.25, -0.2) is 4.39 Å². The van der Waals surface area contributed by atoms with Crippen LogP contribution in [0, 0.1) is 5.82 Å². The number of ether oxygens (including phenoxy) is 1. The smallest absolute Gasteiger partial charge is 0.129 e. The van der Waals surface area contributed by atoms with Gasteiger partial charge >= 0.3 is 0 Å². The summed E-state index contributed by atoms with van der Waals surface area (Å²) in [7, 11) is 1.58. The van der Waals surface area contributed by atoms with Crippen molar-refractivity contribution < 1.29 is 14.2 Å². The van der Waals surface area contributed by atoms with Gasteiger partial charge in [0.25, 0.3) is 0 Å². The van der Waals surface area contributed by atoms with Gasteiger partial charge in [0.05, 0.1) is 13.2 Å². The average Bonchev–Trinajstić information content (AvgIpc) is 2.51. The molecule has 21 heavy (non-hydrogen) atoms. The van der Waals surface area contributed by atoms with E-state index in [4.69, 9.17) is 10.5 Å². The van der Waals surface area contributed by atoms with Crippen LogP contribution in [0.25, 0.3) is 0 Å². The Bertz CT molecular complexity index is 604. The summed E-state index contributed by atoms with van der Waals surface area (Å²) < 4.78 is 19.7. The summed E-state index contributed by atoms with van der Waals surface area (Å²) in [6, 6.07) is 11.7. The number of hydrogen-bond acceptors (Lipinski definition) is 3. The summed E-state index contributed by atoms with van der Waals surface area (Å²) in [6.07, 6.45) is -1.01. The van der Waals surface area contributed by atoms with Crippen molar-refractivity contribution in [3.8, 4) is 5.75 Å². The van der Waals surface area contributed by atoms with Gasteiger partial charge in [-0.1, -0.05) is 28.1 Å². The zero-order valence-corrected chi connectivity index (χ0v) is 13.2. The minimum Gasteiger partial charge on any atom is -0.497 e. The lowest BCUT2D eigenvalue weighted by Gasteiger charge is -2.23. The van der Waals surface area contributed by atoms with Crippen molar-refractivity contribution >= 4 is 15.9 Å². The van der Waals surface area contributed by atoms with E-state index in [-0.39, 0.29) is 18.0 Å². The molecule has 0 fully saturated rings. The summed E-state index contributed by atoms with van der Waals surface area (Å²) in [5, 5.41) is 10.5. The number of hydrogen-bond donors (Lipinski definition) is 2. The molecule has 0 aliphatic rings. The molecule has 2 unspecified atom stereocenters. The largest absolute Gasteiger partial charge is 0.497 e. The van der Waals surface area contributed by atoms with Gasteiger partial charge < -0.3 is 15.6 Å². The van der Waals surface area contributed by atoms with Crippen LogP contribution in [0.3, 0.4) is 0 Å². The molecule has 0 spiro atoms. The minimum atomic E-state index is -1.01. The normalized spacial score (nSPS) is 13.8. The highest BCUT2D eigenvalue weighted by Crippen LogP contribution is 2.33.